The maximum atomic E-state index is 12.0. The molecule has 100 valence electrons. The summed E-state index contributed by atoms with van der Waals surface area (Å²) in [4.78, 5) is 16.1. The van der Waals surface area contributed by atoms with E-state index in [4.69, 9.17) is 11.6 Å². The van der Waals surface area contributed by atoms with Gasteiger partial charge in [-0.3, -0.25) is 4.79 Å². The summed E-state index contributed by atoms with van der Waals surface area (Å²) in [6.07, 6.45) is 8.56. The first kappa shape index (κ1) is 12.6. The van der Waals surface area contributed by atoms with Crippen LogP contribution in [0.4, 0.5) is 0 Å². The zero-order chi connectivity index (χ0) is 13.2. The largest absolute Gasteiger partial charge is 0.345 e. The molecule has 2 atom stereocenters. The van der Waals surface area contributed by atoms with Crippen LogP contribution in [0.3, 0.4) is 0 Å². The minimum absolute atomic E-state index is 0.101. The van der Waals surface area contributed by atoms with Crippen molar-refractivity contribution in [3.05, 3.63) is 28.2 Å². The Bertz CT molecular complexity index is 569. The lowest BCUT2D eigenvalue weighted by molar-refractivity contribution is 0.0927. The minimum Gasteiger partial charge on any atom is -0.345 e. The number of amides is 1. The monoisotopic (exact) mass is 297 g/mol. The normalized spacial score (nSPS) is 22.6. The average Bonchev–Trinajstić information content (AvgIpc) is 3.07. The van der Waals surface area contributed by atoms with E-state index in [1.54, 1.807) is 12.5 Å². The molecular formula is C11H12ClN5OS. The molecule has 3 rings (SSSR count). The predicted octanol–water partition coefficient (Wildman–Crippen LogP) is 1.91. The highest BCUT2D eigenvalue weighted by Crippen LogP contribution is 2.30. The van der Waals surface area contributed by atoms with Crippen molar-refractivity contribution in [3.8, 4) is 0 Å². The van der Waals surface area contributed by atoms with Gasteiger partial charge in [-0.2, -0.15) is 0 Å². The zero-order valence-corrected chi connectivity index (χ0v) is 11.6. The molecule has 1 aliphatic carbocycles. The highest BCUT2D eigenvalue weighted by Gasteiger charge is 2.30. The van der Waals surface area contributed by atoms with Crippen LogP contribution in [0.1, 0.15) is 35.1 Å². The van der Waals surface area contributed by atoms with E-state index in [9.17, 15) is 4.79 Å². The third-order valence-electron chi connectivity index (χ3n) is 3.30. The van der Waals surface area contributed by atoms with Gasteiger partial charge < -0.3 is 9.88 Å². The van der Waals surface area contributed by atoms with Gasteiger partial charge in [0.25, 0.3) is 5.91 Å². The number of carbonyl (C=O) groups excluding carboxylic acids is 1. The molecule has 1 N–H and O–H groups in total. The molecule has 8 heteroatoms. The van der Waals surface area contributed by atoms with Crippen molar-refractivity contribution in [2.24, 2.45) is 0 Å². The van der Waals surface area contributed by atoms with Crippen molar-refractivity contribution in [1.29, 1.82) is 0 Å². The molecule has 0 aliphatic heterocycles. The van der Waals surface area contributed by atoms with Gasteiger partial charge in [0.05, 0.1) is 12.4 Å². The minimum atomic E-state index is -0.207. The molecule has 2 aromatic heterocycles. The van der Waals surface area contributed by atoms with Crippen LogP contribution in [-0.4, -0.2) is 31.7 Å². The molecule has 1 aliphatic rings. The molecule has 0 aromatic carbocycles. The van der Waals surface area contributed by atoms with E-state index >= 15 is 0 Å². The van der Waals surface area contributed by atoms with Gasteiger partial charge in [0.1, 0.15) is 0 Å². The quantitative estimate of drug-likeness (QED) is 0.939. The van der Waals surface area contributed by atoms with E-state index in [0.29, 0.717) is 5.01 Å². The number of hydrogen-bond donors (Lipinski definition) is 1. The number of hydrogen-bond acceptors (Lipinski definition) is 5. The Morgan fingerprint density at radius 1 is 1.47 bits per heavy atom. The van der Waals surface area contributed by atoms with Gasteiger partial charge >= 0.3 is 0 Å². The van der Waals surface area contributed by atoms with Crippen LogP contribution in [0.2, 0.25) is 4.47 Å². The number of nitrogens with zero attached hydrogens (tertiary/aromatic N) is 4. The van der Waals surface area contributed by atoms with Crippen LogP contribution < -0.4 is 5.32 Å². The third kappa shape index (κ3) is 2.62. The first-order valence-electron chi connectivity index (χ1n) is 6.01. The first-order chi connectivity index (χ1) is 9.24. The van der Waals surface area contributed by atoms with Gasteiger partial charge in [-0.05, 0) is 30.9 Å². The Hall–Kier alpha value is -1.47. The second kappa shape index (κ2) is 5.26. The van der Waals surface area contributed by atoms with Crippen LogP contribution >= 0.6 is 22.9 Å². The molecule has 1 saturated carbocycles. The van der Waals surface area contributed by atoms with Crippen molar-refractivity contribution in [2.45, 2.75) is 31.3 Å². The number of aromatic nitrogens is 4. The summed E-state index contributed by atoms with van der Waals surface area (Å²) in [6.45, 7) is 0. The Morgan fingerprint density at radius 3 is 3.05 bits per heavy atom. The molecule has 0 bridgehead atoms. The maximum Gasteiger partial charge on any atom is 0.282 e. The first-order valence-corrected chi connectivity index (χ1v) is 7.21. The van der Waals surface area contributed by atoms with E-state index < -0.39 is 0 Å². The van der Waals surface area contributed by atoms with Crippen molar-refractivity contribution >= 4 is 28.8 Å². The molecular weight excluding hydrogens is 286 g/mol. The third-order valence-corrected chi connectivity index (χ3v) is 4.32. The smallest absolute Gasteiger partial charge is 0.282 e. The summed E-state index contributed by atoms with van der Waals surface area (Å²) in [7, 11) is 0. The molecule has 2 aromatic rings. The lowest BCUT2D eigenvalue weighted by atomic mass is 10.1. The van der Waals surface area contributed by atoms with Crippen LogP contribution in [0.25, 0.3) is 0 Å². The second-order valence-corrected chi connectivity index (χ2v) is 6.01. The molecule has 1 fully saturated rings. The molecule has 19 heavy (non-hydrogen) atoms. The van der Waals surface area contributed by atoms with Crippen LogP contribution in [0.15, 0.2) is 18.7 Å². The summed E-state index contributed by atoms with van der Waals surface area (Å²) in [5.74, 6) is -0.207. The van der Waals surface area contributed by atoms with Crippen molar-refractivity contribution in [3.63, 3.8) is 0 Å². The number of imidazole rings is 1. The zero-order valence-electron chi connectivity index (χ0n) is 9.99. The highest BCUT2D eigenvalue weighted by molar-refractivity contribution is 7.17. The molecule has 0 radical (unpaired) electrons. The standard InChI is InChI=1S/C11H12ClN5OS/c12-11-16-15-10(19-11)9(18)14-7-2-1-3-8(7)17-5-4-13-6-17/h4-8H,1-3H2,(H,14,18). The Kier molecular flexibility index (Phi) is 3.48. The summed E-state index contributed by atoms with van der Waals surface area (Å²) in [5, 5.41) is 10.7. The van der Waals surface area contributed by atoms with Gasteiger partial charge in [-0.25, -0.2) is 4.98 Å². The Labute approximate surface area is 118 Å². The summed E-state index contributed by atoms with van der Waals surface area (Å²) in [5.41, 5.74) is 0. The summed E-state index contributed by atoms with van der Waals surface area (Å²) < 4.78 is 2.33. The Morgan fingerprint density at radius 2 is 2.37 bits per heavy atom. The number of carbonyl (C=O) groups is 1. The topological polar surface area (TPSA) is 72.7 Å². The van der Waals surface area contributed by atoms with Crippen molar-refractivity contribution < 1.29 is 4.79 Å². The number of halogens is 1. The molecule has 6 nitrogen and oxygen atoms in total. The van der Waals surface area contributed by atoms with Gasteiger partial charge in [-0.15, -0.1) is 10.2 Å². The van der Waals surface area contributed by atoms with Crippen LogP contribution in [0, 0.1) is 0 Å². The average molecular weight is 298 g/mol. The van der Waals surface area contributed by atoms with Gasteiger partial charge in [0.15, 0.2) is 0 Å². The van der Waals surface area contributed by atoms with E-state index in [1.165, 1.54) is 0 Å². The summed E-state index contributed by atoms with van der Waals surface area (Å²) >= 11 is 6.77. The van der Waals surface area contributed by atoms with E-state index in [1.807, 2.05) is 10.8 Å². The maximum absolute atomic E-state index is 12.0. The second-order valence-electron chi connectivity index (χ2n) is 4.45. The SMILES string of the molecule is O=C(NC1CCCC1n1ccnc1)c1nnc(Cl)s1. The molecule has 0 saturated heterocycles. The molecule has 1 amide bonds. The fourth-order valence-corrected chi connectivity index (χ4v) is 3.19. The Balaban J connectivity index is 1.70. The molecule has 0 spiro atoms. The lowest BCUT2D eigenvalue weighted by Gasteiger charge is -2.21. The van der Waals surface area contributed by atoms with E-state index in [2.05, 4.69) is 20.5 Å². The van der Waals surface area contributed by atoms with Crippen LogP contribution in [0.5, 0.6) is 0 Å². The molecule has 2 unspecified atom stereocenters. The van der Waals surface area contributed by atoms with Gasteiger partial charge in [-0.1, -0.05) is 11.3 Å². The van der Waals surface area contributed by atoms with E-state index in [0.717, 1.165) is 30.6 Å². The van der Waals surface area contributed by atoms with E-state index in [-0.39, 0.29) is 22.5 Å². The predicted molar refractivity (Wildman–Crippen MR) is 71.3 cm³/mol. The van der Waals surface area contributed by atoms with Crippen molar-refractivity contribution in [1.82, 2.24) is 25.1 Å². The lowest BCUT2D eigenvalue weighted by Crippen LogP contribution is -2.38. The van der Waals surface area contributed by atoms with Crippen LogP contribution in [-0.2, 0) is 0 Å². The fraction of sp³-hybridized carbons (Fsp3) is 0.455. The molecule has 2 heterocycles. The number of nitrogens with one attached hydrogen (secondary N) is 1. The fourth-order valence-electron chi connectivity index (χ4n) is 2.46. The van der Waals surface area contributed by atoms with Gasteiger partial charge in [0, 0.05) is 18.4 Å². The summed E-state index contributed by atoms with van der Waals surface area (Å²) in [6, 6.07) is 0.360. The van der Waals surface area contributed by atoms with Crippen molar-refractivity contribution in [2.75, 3.05) is 0 Å². The number of rotatable bonds is 3. The van der Waals surface area contributed by atoms with Gasteiger partial charge in [0.2, 0.25) is 9.47 Å². The highest BCUT2D eigenvalue weighted by atomic mass is 35.5.